The topological polar surface area (TPSA) is 70.4 Å². The molecule has 5 aromatic rings. The molecule has 1 aliphatic carbocycles. The van der Waals surface area contributed by atoms with Crippen molar-refractivity contribution in [1.29, 1.82) is 0 Å². The molecule has 4 heterocycles. The summed E-state index contributed by atoms with van der Waals surface area (Å²) in [7, 11) is 0. The van der Waals surface area contributed by atoms with E-state index in [1.807, 2.05) is 23.2 Å². The average Bonchev–Trinajstić information content (AvgIpc) is 3.75. The number of anilines is 1. The van der Waals surface area contributed by atoms with Gasteiger partial charge in [0.05, 0.1) is 19.4 Å². The quantitative estimate of drug-likeness (QED) is 0.283. The number of aromatic nitrogens is 4. The fourth-order valence-electron chi connectivity index (χ4n) is 7.41. The molecule has 0 saturated carbocycles. The molecule has 8 nitrogen and oxygen atoms in total. The summed E-state index contributed by atoms with van der Waals surface area (Å²) in [4.78, 5) is 25.1. The number of rotatable bonds is 6. The molecule has 2 aromatic heterocycles. The SMILES string of the molecule is O=C1N(CCn2cc(-c3cccnc3)nn2)CN(c2ccc(F)cc2)C12CCN([C@H]1Cc3cccc4cccc1c34)CC2. The van der Waals surface area contributed by atoms with Crippen molar-refractivity contribution in [2.75, 3.05) is 31.2 Å². The summed E-state index contributed by atoms with van der Waals surface area (Å²) in [5.74, 6) is -0.138. The molecule has 3 aliphatic rings. The Hall–Kier alpha value is -4.63. The zero-order valence-electron chi connectivity index (χ0n) is 23.8. The first-order chi connectivity index (χ1) is 21.1. The Bertz CT molecular complexity index is 1790. The number of piperidine rings is 1. The van der Waals surface area contributed by atoms with E-state index < -0.39 is 5.54 Å². The molecule has 1 spiro atoms. The maximum atomic E-state index is 14.3. The number of carbonyl (C=O) groups excluding carboxylic acids is 1. The number of carbonyl (C=O) groups is 1. The molecule has 216 valence electrons. The van der Waals surface area contributed by atoms with Gasteiger partial charge in [-0.15, -0.1) is 5.10 Å². The largest absolute Gasteiger partial charge is 0.339 e. The van der Waals surface area contributed by atoms with Gasteiger partial charge in [0.1, 0.15) is 17.1 Å². The Balaban J connectivity index is 1.02. The third kappa shape index (κ3) is 4.38. The van der Waals surface area contributed by atoms with Crippen LogP contribution in [0.3, 0.4) is 0 Å². The second-order valence-corrected chi connectivity index (χ2v) is 11.9. The van der Waals surface area contributed by atoms with Crippen molar-refractivity contribution in [1.82, 2.24) is 29.8 Å². The summed E-state index contributed by atoms with van der Waals surface area (Å²) in [6.07, 6.45) is 7.83. The Morgan fingerprint density at radius 1 is 0.930 bits per heavy atom. The molecular weight excluding hydrogens is 541 g/mol. The van der Waals surface area contributed by atoms with Crippen molar-refractivity contribution in [2.45, 2.75) is 37.4 Å². The van der Waals surface area contributed by atoms with Crippen molar-refractivity contribution in [3.8, 4) is 11.3 Å². The number of halogens is 1. The molecule has 9 heteroatoms. The van der Waals surface area contributed by atoms with Crippen molar-refractivity contribution in [3.63, 3.8) is 0 Å². The highest BCUT2D eigenvalue weighted by atomic mass is 19.1. The minimum Gasteiger partial charge on any atom is -0.339 e. The van der Waals surface area contributed by atoms with Gasteiger partial charge >= 0.3 is 0 Å². The molecule has 3 aromatic carbocycles. The number of benzene rings is 3. The van der Waals surface area contributed by atoms with E-state index in [-0.39, 0.29) is 11.7 Å². The fourth-order valence-corrected chi connectivity index (χ4v) is 7.41. The maximum Gasteiger partial charge on any atom is 0.250 e. The molecule has 0 bridgehead atoms. The smallest absolute Gasteiger partial charge is 0.250 e. The van der Waals surface area contributed by atoms with Crippen LogP contribution in [0, 0.1) is 5.82 Å². The summed E-state index contributed by atoms with van der Waals surface area (Å²) in [6, 6.07) is 23.9. The van der Waals surface area contributed by atoms with Gasteiger partial charge in [-0.2, -0.15) is 0 Å². The molecule has 2 saturated heterocycles. The van der Waals surface area contributed by atoms with E-state index >= 15 is 0 Å². The molecule has 1 amide bonds. The Kier molecular flexibility index (Phi) is 6.22. The normalized spacial score (nSPS) is 19.7. The molecule has 1 atom stereocenters. The van der Waals surface area contributed by atoms with Gasteiger partial charge in [-0.25, -0.2) is 4.39 Å². The van der Waals surface area contributed by atoms with E-state index in [2.05, 4.69) is 61.5 Å². The first-order valence-electron chi connectivity index (χ1n) is 15.0. The summed E-state index contributed by atoms with van der Waals surface area (Å²) >= 11 is 0. The number of nitrogens with zero attached hydrogens (tertiary/aromatic N) is 7. The van der Waals surface area contributed by atoms with Crippen molar-refractivity contribution >= 4 is 22.4 Å². The predicted octanol–water partition coefficient (Wildman–Crippen LogP) is 5.07. The third-order valence-corrected chi connectivity index (χ3v) is 9.61. The van der Waals surface area contributed by atoms with E-state index in [1.165, 1.54) is 34.0 Å². The lowest BCUT2D eigenvalue weighted by Gasteiger charge is -2.45. The number of pyridine rings is 1. The number of hydrogen-bond acceptors (Lipinski definition) is 6. The molecule has 8 rings (SSSR count). The number of amides is 1. The third-order valence-electron chi connectivity index (χ3n) is 9.61. The van der Waals surface area contributed by atoms with Crippen LogP contribution in [0.15, 0.2) is 91.4 Å². The molecule has 43 heavy (non-hydrogen) atoms. The molecule has 0 unspecified atom stereocenters. The first kappa shape index (κ1) is 26.0. The van der Waals surface area contributed by atoms with Crippen LogP contribution in [-0.4, -0.2) is 67.5 Å². The first-order valence-corrected chi connectivity index (χ1v) is 15.0. The maximum absolute atomic E-state index is 14.3. The lowest BCUT2D eigenvalue weighted by Crippen LogP contribution is -2.57. The van der Waals surface area contributed by atoms with Crippen LogP contribution in [0.2, 0.25) is 0 Å². The molecular formula is C34H32FN7O. The predicted molar refractivity (Wildman–Crippen MR) is 163 cm³/mol. The van der Waals surface area contributed by atoms with E-state index in [0.29, 0.717) is 25.8 Å². The van der Waals surface area contributed by atoms with E-state index in [1.54, 1.807) is 29.2 Å². The second kappa shape index (κ2) is 10.3. The van der Waals surface area contributed by atoms with Crippen LogP contribution in [0.4, 0.5) is 10.1 Å². The lowest BCUT2D eigenvalue weighted by atomic mass is 9.84. The molecule has 0 radical (unpaired) electrons. The Morgan fingerprint density at radius 3 is 2.53 bits per heavy atom. The van der Waals surface area contributed by atoms with Gasteiger partial charge in [0.15, 0.2) is 0 Å². The van der Waals surface area contributed by atoms with Gasteiger partial charge in [-0.1, -0.05) is 41.6 Å². The van der Waals surface area contributed by atoms with E-state index in [9.17, 15) is 9.18 Å². The summed E-state index contributed by atoms with van der Waals surface area (Å²) < 4.78 is 15.7. The van der Waals surface area contributed by atoms with Crippen LogP contribution in [-0.2, 0) is 17.8 Å². The molecule has 0 N–H and O–H groups in total. The standard InChI is InChI=1S/C34H32FN7O/c35-27-9-11-28(12-10-27)42-23-40(18-19-41-22-30(37-38-41)26-7-3-15-36-21-26)33(43)34(42)13-16-39(17-14-34)31-20-25-6-1-4-24-5-2-8-29(31)32(24)25/h1-12,15,21-22,31H,13-14,16-20,23H2/t31-/m0/s1. The average molecular weight is 574 g/mol. The molecule has 2 fully saturated rings. The summed E-state index contributed by atoms with van der Waals surface area (Å²) in [5.41, 5.74) is 4.69. The van der Waals surface area contributed by atoms with E-state index in [4.69, 9.17) is 0 Å². The highest BCUT2D eigenvalue weighted by Crippen LogP contribution is 2.45. The second-order valence-electron chi connectivity index (χ2n) is 11.9. The highest BCUT2D eigenvalue weighted by molar-refractivity contribution is 5.94. The minimum atomic E-state index is -0.658. The monoisotopic (exact) mass is 573 g/mol. The van der Waals surface area contributed by atoms with Crippen molar-refractivity contribution in [2.24, 2.45) is 0 Å². The molecule has 2 aliphatic heterocycles. The lowest BCUT2D eigenvalue weighted by molar-refractivity contribution is -0.134. The van der Waals surface area contributed by atoms with Gasteiger partial charge in [-0.05, 0) is 77.6 Å². The van der Waals surface area contributed by atoms with Crippen LogP contribution < -0.4 is 4.90 Å². The van der Waals surface area contributed by atoms with E-state index in [0.717, 1.165) is 49.3 Å². The Labute approximate surface area is 249 Å². The van der Waals surface area contributed by atoms with Gasteiger partial charge in [0.25, 0.3) is 0 Å². The number of likely N-dealkylation sites (tertiary alicyclic amines) is 1. The van der Waals surface area contributed by atoms with Crippen LogP contribution in [0.1, 0.15) is 30.0 Å². The summed E-state index contributed by atoms with van der Waals surface area (Å²) in [5, 5.41) is 11.3. The van der Waals surface area contributed by atoms with Crippen LogP contribution in [0.5, 0.6) is 0 Å². The minimum absolute atomic E-state index is 0.140. The van der Waals surface area contributed by atoms with Crippen molar-refractivity contribution in [3.05, 3.63) is 108 Å². The van der Waals surface area contributed by atoms with Crippen LogP contribution >= 0.6 is 0 Å². The highest BCUT2D eigenvalue weighted by Gasteiger charge is 2.54. The van der Waals surface area contributed by atoms with Crippen molar-refractivity contribution < 1.29 is 9.18 Å². The summed E-state index contributed by atoms with van der Waals surface area (Å²) in [6.45, 7) is 3.15. The Morgan fingerprint density at radius 2 is 1.74 bits per heavy atom. The zero-order chi connectivity index (χ0) is 29.0. The van der Waals surface area contributed by atoms with Gasteiger partial charge in [0, 0.05) is 49.3 Å². The van der Waals surface area contributed by atoms with Gasteiger partial charge < -0.3 is 9.80 Å². The van der Waals surface area contributed by atoms with Crippen LogP contribution in [0.25, 0.3) is 22.0 Å². The number of hydrogen-bond donors (Lipinski definition) is 0. The van der Waals surface area contributed by atoms with Gasteiger partial charge in [-0.3, -0.25) is 19.4 Å². The fraction of sp³-hybridized carbons (Fsp3) is 0.294. The zero-order valence-corrected chi connectivity index (χ0v) is 23.8. The van der Waals surface area contributed by atoms with Gasteiger partial charge in [0.2, 0.25) is 5.91 Å².